The fourth-order valence-electron chi connectivity index (χ4n) is 1.27. The van der Waals surface area contributed by atoms with E-state index in [0.29, 0.717) is 11.3 Å². The summed E-state index contributed by atoms with van der Waals surface area (Å²) in [7, 11) is 2.80. The molecule has 0 bridgehead atoms. The Kier molecular flexibility index (Phi) is 3.77. The van der Waals surface area contributed by atoms with Crippen molar-refractivity contribution in [3.63, 3.8) is 0 Å². The maximum Gasteiger partial charge on any atom is 0.328 e. The van der Waals surface area contributed by atoms with Crippen LogP contribution in [0.3, 0.4) is 0 Å². The van der Waals surface area contributed by atoms with Crippen molar-refractivity contribution in [2.75, 3.05) is 14.2 Å². The number of ether oxygens (including phenoxy) is 2. The number of phenols is 1. The summed E-state index contributed by atoms with van der Waals surface area (Å²) in [6.45, 7) is 0. The van der Waals surface area contributed by atoms with Crippen LogP contribution in [0.25, 0.3) is 6.08 Å². The molecule has 1 aromatic rings. The number of carboxylic acid groups (broad SMARTS) is 1. The van der Waals surface area contributed by atoms with Crippen LogP contribution in [-0.2, 0) is 4.79 Å². The van der Waals surface area contributed by atoms with Gasteiger partial charge in [0.25, 0.3) is 0 Å². The van der Waals surface area contributed by atoms with Crippen molar-refractivity contribution in [2.45, 2.75) is 0 Å². The van der Waals surface area contributed by atoms with E-state index in [-0.39, 0.29) is 11.5 Å². The second-order valence-corrected chi connectivity index (χ2v) is 2.91. The summed E-state index contributed by atoms with van der Waals surface area (Å²) in [5, 5.41) is 18.0. The molecule has 0 fully saturated rings. The smallest absolute Gasteiger partial charge is 0.328 e. The van der Waals surface area contributed by atoms with Crippen LogP contribution in [0.4, 0.5) is 0 Å². The van der Waals surface area contributed by atoms with Crippen LogP contribution >= 0.6 is 0 Å². The van der Waals surface area contributed by atoms with Gasteiger partial charge in [0.15, 0.2) is 11.5 Å². The molecule has 1 aromatic carbocycles. The minimum Gasteiger partial charge on any atom is -0.504 e. The molecule has 0 atom stereocenters. The minimum atomic E-state index is -1.06. The number of aromatic hydroxyl groups is 1. The molecule has 0 aliphatic heterocycles. The van der Waals surface area contributed by atoms with E-state index < -0.39 is 5.97 Å². The molecular weight excluding hydrogens is 212 g/mol. The molecule has 0 aliphatic rings. The second kappa shape index (κ2) is 5.06. The van der Waals surface area contributed by atoms with Gasteiger partial charge in [-0.3, -0.25) is 0 Å². The first-order valence-electron chi connectivity index (χ1n) is 4.45. The number of hydrogen-bond acceptors (Lipinski definition) is 4. The Morgan fingerprint density at radius 1 is 1.25 bits per heavy atom. The monoisotopic (exact) mass is 224 g/mol. The fourth-order valence-corrected chi connectivity index (χ4v) is 1.27. The molecule has 16 heavy (non-hydrogen) atoms. The van der Waals surface area contributed by atoms with Crippen molar-refractivity contribution < 1.29 is 24.5 Å². The SMILES string of the molecule is COc1c(O)ccc(/C=C/C(=O)O)c1OC. The Labute approximate surface area is 92.5 Å². The zero-order chi connectivity index (χ0) is 12.1. The first-order chi connectivity index (χ1) is 7.60. The Morgan fingerprint density at radius 3 is 2.38 bits per heavy atom. The van der Waals surface area contributed by atoms with Crippen molar-refractivity contribution in [2.24, 2.45) is 0 Å². The van der Waals surface area contributed by atoms with E-state index in [0.717, 1.165) is 6.08 Å². The quantitative estimate of drug-likeness (QED) is 0.758. The van der Waals surface area contributed by atoms with Crippen molar-refractivity contribution in [1.82, 2.24) is 0 Å². The number of benzene rings is 1. The molecule has 1 rings (SSSR count). The van der Waals surface area contributed by atoms with Crippen LogP contribution in [0, 0.1) is 0 Å². The number of carbonyl (C=O) groups is 1. The highest BCUT2D eigenvalue weighted by atomic mass is 16.5. The topological polar surface area (TPSA) is 76.0 Å². The number of aliphatic carboxylic acids is 1. The third-order valence-electron chi connectivity index (χ3n) is 1.94. The average molecular weight is 224 g/mol. The molecule has 0 radical (unpaired) electrons. The molecule has 2 N–H and O–H groups in total. The van der Waals surface area contributed by atoms with Crippen LogP contribution in [0.5, 0.6) is 17.2 Å². The second-order valence-electron chi connectivity index (χ2n) is 2.91. The molecule has 0 saturated heterocycles. The number of hydrogen-bond donors (Lipinski definition) is 2. The van der Waals surface area contributed by atoms with E-state index in [2.05, 4.69) is 0 Å². The maximum atomic E-state index is 10.4. The van der Waals surface area contributed by atoms with Gasteiger partial charge in [0.05, 0.1) is 14.2 Å². The summed E-state index contributed by atoms with van der Waals surface area (Å²) in [5.41, 5.74) is 0.513. The van der Waals surface area contributed by atoms with Gasteiger partial charge in [0.2, 0.25) is 5.75 Å². The van der Waals surface area contributed by atoms with Gasteiger partial charge in [-0.05, 0) is 18.2 Å². The third-order valence-corrected chi connectivity index (χ3v) is 1.94. The van der Waals surface area contributed by atoms with Crippen LogP contribution in [0.15, 0.2) is 18.2 Å². The zero-order valence-corrected chi connectivity index (χ0v) is 8.93. The van der Waals surface area contributed by atoms with Gasteiger partial charge < -0.3 is 19.7 Å². The highest BCUT2D eigenvalue weighted by molar-refractivity contribution is 5.86. The van der Waals surface area contributed by atoms with Gasteiger partial charge >= 0.3 is 5.97 Å². The van der Waals surface area contributed by atoms with Gasteiger partial charge in [0.1, 0.15) is 0 Å². The first kappa shape index (κ1) is 11.9. The molecule has 0 aliphatic carbocycles. The Hall–Kier alpha value is -2.17. The standard InChI is InChI=1S/C11H12O5/c1-15-10-7(4-6-9(13)14)3-5-8(12)11(10)16-2/h3-6,12H,1-2H3,(H,13,14)/b6-4+. The minimum absolute atomic E-state index is 0.0631. The fraction of sp³-hybridized carbons (Fsp3) is 0.182. The summed E-state index contributed by atoms with van der Waals surface area (Å²) in [6.07, 6.45) is 2.34. The van der Waals surface area contributed by atoms with Crippen molar-refractivity contribution in [1.29, 1.82) is 0 Å². The molecule has 0 amide bonds. The Bertz CT molecular complexity index is 423. The normalized spacial score (nSPS) is 10.4. The molecular formula is C11H12O5. The third kappa shape index (κ3) is 2.44. The van der Waals surface area contributed by atoms with Gasteiger partial charge in [-0.2, -0.15) is 0 Å². The van der Waals surface area contributed by atoms with Crippen molar-refractivity contribution in [3.8, 4) is 17.2 Å². The predicted molar refractivity (Wildman–Crippen MR) is 57.9 cm³/mol. The first-order valence-corrected chi connectivity index (χ1v) is 4.45. The summed E-state index contributed by atoms with van der Waals surface area (Å²) in [4.78, 5) is 10.4. The van der Waals surface area contributed by atoms with Gasteiger partial charge in [-0.1, -0.05) is 0 Å². The van der Waals surface area contributed by atoms with E-state index in [1.807, 2.05) is 0 Å². The molecule has 0 unspecified atom stereocenters. The van der Waals surface area contributed by atoms with Gasteiger partial charge in [-0.25, -0.2) is 4.79 Å². The molecule has 0 heterocycles. The van der Waals surface area contributed by atoms with E-state index >= 15 is 0 Å². The highest BCUT2D eigenvalue weighted by Crippen LogP contribution is 2.39. The number of methoxy groups -OCH3 is 2. The average Bonchev–Trinajstić information content (AvgIpc) is 2.26. The van der Waals surface area contributed by atoms with Crippen LogP contribution in [0.1, 0.15) is 5.56 Å². The number of rotatable bonds is 4. The van der Waals surface area contributed by atoms with Crippen LogP contribution in [0.2, 0.25) is 0 Å². The predicted octanol–water partition coefficient (Wildman–Crippen LogP) is 1.51. The van der Waals surface area contributed by atoms with E-state index in [9.17, 15) is 9.90 Å². The maximum absolute atomic E-state index is 10.4. The van der Waals surface area contributed by atoms with Crippen LogP contribution < -0.4 is 9.47 Å². The van der Waals surface area contributed by atoms with E-state index in [1.165, 1.54) is 32.4 Å². The largest absolute Gasteiger partial charge is 0.504 e. The van der Waals surface area contributed by atoms with E-state index in [1.54, 1.807) is 0 Å². The van der Waals surface area contributed by atoms with Gasteiger partial charge in [-0.15, -0.1) is 0 Å². The lowest BCUT2D eigenvalue weighted by atomic mass is 10.1. The summed E-state index contributed by atoms with van der Waals surface area (Å²) >= 11 is 0. The van der Waals surface area contributed by atoms with Gasteiger partial charge in [0, 0.05) is 11.6 Å². The Morgan fingerprint density at radius 2 is 1.88 bits per heavy atom. The molecule has 0 spiro atoms. The van der Waals surface area contributed by atoms with Crippen molar-refractivity contribution in [3.05, 3.63) is 23.8 Å². The lowest BCUT2D eigenvalue weighted by molar-refractivity contribution is -0.131. The van der Waals surface area contributed by atoms with E-state index in [4.69, 9.17) is 14.6 Å². The highest BCUT2D eigenvalue weighted by Gasteiger charge is 2.12. The lowest BCUT2D eigenvalue weighted by Crippen LogP contribution is -1.94. The number of carboxylic acids is 1. The molecule has 86 valence electrons. The summed E-state index contributed by atoms with van der Waals surface area (Å²) < 4.78 is 10.0. The summed E-state index contributed by atoms with van der Waals surface area (Å²) in [6, 6.07) is 2.94. The Balaban J connectivity index is 3.24. The molecule has 5 heteroatoms. The summed E-state index contributed by atoms with van der Waals surface area (Å²) in [5.74, 6) is -0.657. The van der Waals surface area contributed by atoms with Crippen LogP contribution in [-0.4, -0.2) is 30.4 Å². The zero-order valence-electron chi connectivity index (χ0n) is 8.93. The molecule has 5 nitrogen and oxygen atoms in total. The molecule has 0 aromatic heterocycles. The lowest BCUT2D eigenvalue weighted by Gasteiger charge is -2.11. The molecule has 0 saturated carbocycles. The van der Waals surface area contributed by atoms with Crippen molar-refractivity contribution >= 4 is 12.0 Å². The number of phenolic OH excluding ortho intramolecular Hbond substituents is 1.